The maximum absolute atomic E-state index is 5.06. The number of halogens is 1. The minimum atomic E-state index is 0.759. The van der Waals surface area contributed by atoms with E-state index in [4.69, 9.17) is 5.84 Å². The number of thiazole rings is 1. The monoisotopic (exact) mass is 241 g/mol. The molecule has 5 heteroatoms. The first-order chi connectivity index (χ1) is 3.83. The summed E-state index contributed by atoms with van der Waals surface area (Å²) in [5, 5.41) is 0.759. The van der Waals surface area contributed by atoms with Gasteiger partial charge in [-0.1, -0.05) is 11.3 Å². The summed E-state index contributed by atoms with van der Waals surface area (Å²) < 4.78 is 1.13. The zero-order chi connectivity index (χ0) is 5.98. The number of nitrogens with two attached hydrogens (primary N) is 1. The van der Waals surface area contributed by atoms with E-state index in [1.165, 1.54) is 11.3 Å². The molecule has 0 fully saturated rings. The molecule has 0 unspecified atom stereocenters. The van der Waals surface area contributed by atoms with E-state index < -0.39 is 0 Å². The second-order valence-electron chi connectivity index (χ2n) is 1.11. The predicted octanol–water partition coefficient (Wildman–Crippen LogP) is 1.03. The van der Waals surface area contributed by atoms with E-state index in [0.717, 1.165) is 8.02 Å². The summed E-state index contributed by atoms with van der Waals surface area (Å²) in [6.07, 6.45) is 1.76. The number of nitrogens with one attached hydrogen (secondary N) is 1. The Morgan fingerprint density at radius 2 is 2.62 bits per heavy atom. The fourth-order valence-corrected chi connectivity index (χ4v) is 1.54. The molecule has 0 spiro atoms. The Hall–Kier alpha value is 0.120. The molecule has 1 heterocycles. The molecule has 0 aliphatic heterocycles. The third kappa shape index (κ3) is 1.30. The first-order valence-electron chi connectivity index (χ1n) is 1.91. The van der Waals surface area contributed by atoms with Crippen molar-refractivity contribution in [3.8, 4) is 0 Å². The van der Waals surface area contributed by atoms with E-state index in [1.807, 2.05) is 0 Å². The van der Waals surface area contributed by atoms with Crippen molar-refractivity contribution in [2.75, 3.05) is 5.43 Å². The second-order valence-corrected chi connectivity index (χ2v) is 4.04. The Bertz CT molecular complexity index is 175. The smallest absolute Gasteiger partial charge is 0.197 e. The molecule has 3 N–H and O–H groups in total. The van der Waals surface area contributed by atoms with Gasteiger partial charge in [-0.2, -0.15) is 0 Å². The lowest BCUT2D eigenvalue weighted by atomic mass is 11.0. The summed E-state index contributed by atoms with van der Waals surface area (Å²) in [6.45, 7) is 0. The molecule has 0 saturated carbocycles. The minimum Gasteiger partial charge on any atom is -0.300 e. The normalized spacial score (nSPS) is 9.25. The SMILES string of the molecule is NNc1ncc(I)s1. The summed E-state index contributed by atoms with van der Waals surface area (Å²) in [4.78, 5) is 3.91. The molecule has 0 atom stereocenters. The standard InChI is InChI=1S/C3H4IN3S/c4-2-1-6-3(7-5)8-2/h1H,5H2,(H,6,7). The molecule has 1 aromatic rings. The first-order valence-corrected chi connectivity index (χ1v) is 3.80. The van der Waals surface area contributed by atoms with E-state index in [1.54, 1.807) is 6.20 Å². The van der Waals surface area contributed by atoms with Gasteiger partial charge < -0.3 is 0 Å². The molecular weight excluding hydrogens is 237 g/mol. The number of anilines is 1. The van der Waals surface area contributed by atoms with Crippen molar-refractivity contribution in [3.63, 3.8) is 0 Å². The summed E-state index contributed by atoms with van der Waals surface area (Å²) in [6, 6.07) is 0. The molecule has 1 aromatic heterocycles. The lowest BCUT2D eigenvalue weighted by Gasteiger charge is -1.84. The number of hydrogen-bond acceptors (Lipinski definition) is 4. The molecule has 3 nitrogen and oxygen atoms in total. The molecule has 1 rings (SSSR count). The lowest BCUT2D eigenvalue weighted by Crippen LogP contribution is -2.05. The highest BCUT2D eigenvalue weighted by atomic mass is 127. The van der Waals surface area contributed by atoms with Crippen molar-refractivity contribution in [1.82, 2.24) is 4.98 Å². The Balaban J connectivity index is 2.84. The zero-order valence-corrected chi connectivity index (χ0v) is 6.86. The van der Waals surface area contributed by atoms with E-state index >= 15 is 0 Å². The number of hydrazine groups is 1. The Morgan fingerprint density at radius 1 is 1.88 bits per heavy atom. The molecule has 44 valence electrons. The average molecular weight is 241 g/mol. The zero-order valence-electron chi connectivity index (χ0n) is 3.89. The van der Waals surface area contributed by atoms with Gasteiger partial charge in [0.2, 0.25) is 0 Å². The highest BCUT2D eigenvalue weighted by molar-refractivity contribution is 14.1. The summed E-state index contributed by atoms with van der Waals surface area (Å²) >= 11 is 3.71. The van der Waals surface area contributed by atoms with Crippen LogP contribution >= 0.6 is 33.9 Å². The summed E-state index contributed by atoms with van der Waals surface area (Å²) in [5.74, 6) is 5.06. The van der Waals surface area contributed by atoms with Gasteiger partial charge in [0, 0.05) is 0 Å². The van der Waals surface area contributed by atoms with Crippen molar-refractivity contribution in [3.05, 3.63) is 9.08 Å². The molecule has 0 radical (unpaired) electrons. The van der Waals surface area contributed by atoms with E-state index in [9.17, 15) is 0 Å². The van der Waals surface area contributed by atoms with Crippen molar-refractivity contribution < 1.29 is 0 Å². The van der Waals surface area contributed by atoms with Gasteiger partial charge in [-0.25, -0.2) is 10.8 Å². The molecular formula is C3H4IN3S. The van der Waals surface area contributed by atoms with E-state index in [-0.39, 0.29) is 0 Å². The molecule has 0 bridgehead atoms. The van der Waals surface area contributed by atoms with Crippen LogP contribution in [0.25, 0.3) is 0 Å². The van der Waals surface area contributed by atoms with Crippen LogP contribution in [-0.4, -0.2) is 4.98 Å². The van der Waals surface area contributed by atoms with Crippen molar-refractivity contribution >= 4 is 39.1 Å². The van der Waals surface area contributed by atoms with Gasteiger partial charge >= 0.3 is 0 Å². The van der Waals surface area contributed by atoms with Crippen LogP contribution in [0.1, 0.15) is 0 Å². The largest absolute Gasteiger partial charge is 0.300 e. The van der Waals surface area contributed by atoms with Crippen molar-refractivity contribution in [1.29, 1.82) is 0 Å². The van der Waals surface area contributed by atoms with E-state index in [2.05, 4.69) is 33.0 Å². The minimum absolute atomic E-state index is 0.759. The number of aromatic nitrogens is 1. The van der Waals surface area contributed by atoms with Gasteiger partial charge in [-0.3, -0.25) is 5.43 Å². The quantitative estimate of drug-likeness (QED) is 0.438. The highest BCUT2D eigenvalue weighted by Crippen LogP contribution is 2.17. The molecule has 0 amide bonds. The van der Waals surface area contributed by atoms with Crippen molar-refractivity contribution in [2.45, 2.75) is 0 Å². The van der Waals surface area contributed by atoms with Gasteiger partial charge in [0.15, 0.2) is 5.13 Å². The number of hydrogen-bond donors (Lipinski definition) is 2. The maximum atomic E-state index is 5.06. The van der Waals surface area contributed by atoms with Crippen LogP contribution < -0.4 is 11.3 Å². The van der Waals surface area contributed by atoms with Gasteiger partial charge in [0.05, 0.1) is 9.08 Å². The van der Waals surface area contributed by atoms with Crippen LogP contribution in [0.4, 0.5) is 5.13 Å². The lowest BCUT2D eigenvalue weighted by molar-refractivity contribution is 1.29. The topological polar surface area (TPSA) is 50.9 Å². The third-order valence-electron chi connectivity index (χ3n) is 0.601. The number of nitrogens with zero attached hydrogens (tertiary/aromatic N) is 1. The Kier molecular flexibility index (Phi) is 2.03. The fourth-order valence-electron chi connectivity index (χ4n) is 0.321. The second kappa shape index (κ2) is 2.60. The van der Waals surface area contributed by atoms with Crippen LogP contribution in [0.3, 0.4) is 0 Å². The van der Waals surface area contributed by atoms with Gasteiger partial charge in [0.25, 0.3) is 0 Å². The maximum Gasteiger partial charge on any atom is 0.197 e. The number of rotatable bonds is 1. The molecule has 0 aromatic carbocycles. The molecule has 0 saturated heterocycles. The Labute approximate surface area is 64.4 Å². The molecule has 0 aliphatic carbocycles. The molecule has 8 heavy (non-hydrogen) atoms. The fraction of sp³-hybridized carbons (Fsp3) is 0. The Morgan fingerprint density at radius 3 is 2.88 bits per heavy atom. The number of nitrogen functional groups attached to an aromatic ring is 1. The van der Waals surface area contributed by atoms with Crippen LogP contribution in [0.5, 0.6) is 0 Å². The van der Waals surface area contributed by atoms with Gasteiger partial charge in [-0.15, -0.1) is 0 Å². The van der Waals surface area contributed by atoms with Crippen LogP contribution in [-0.2, 0) is 0 Å². The molecule has 0 aliphatic rings. The predicted molar refractivity (Wildman–Crippen MR) is 42.6 cm³/mol. The van der Waals surface area contributed by atoms with E-state index in [0.29, 0.717) is 0 Å². The average Bonchev–Trinajstić information content (AvgIpc) is 2.14. The van der Waals surface area contributed by atoms with Gasteiger partial charge in [-0.05, 0) is 22.6 Å². The van der Waals surface area contributed by atoms with Crippen molar-refractivity contribution in [2.24, 2.45) is 5.84 Å². The van der Waals surface area contributed by atoms with Gasteiger partial charge in [0.1, 0.15) is 0 Å². The summed E-state index contributed by atoms with van der Waals surface area (Å²) in [5.41, 5.74) is 2.45. The third-order valence-corrected chi connectivity index (χ3v) is 2.26. The first kappa shape index (κ1) is 6.24. The highest BCUT2D eigenvalue weighted by Gasteiger charge is 1.92. The van der Waals surface area contributed by atoms with Crippen LogP contribution in [0.2, 0.25) is 0 Å². The van der Waals surface area contributed by atoms with Crippen LogP contribution in [0.15, 0.2) is 6.20 Å². The summed E-state index contributed by atoms with van der Waals surface area (Å²) in [7, 11) is 0. The van der Waals surface area contributed by atoms with Crippen LogP contribution in [0, 0.1) is 2.88 Å².